The van der Waals surface area contributed by atoms with Gasteiger partial charge in [0, 0.05) is 37.8 Å². The van der Waals surface area contributed by atoms with Crippen molar-refractivity contribution in [2.45, 2.75) is 12.6 Å². The molecule has 1 aromatic heterocycles. The first-order chi connectivity index (χ1) is 8.70. The quantitative estimate of drug-likeness (QED) is 0.569. The molecule has 1 aromatic rings. The van der Waals surface area contributed by atoms with E-state index >= 15 is 0 Å². The van der Waals surface area contributed by atoms with Gasteiger partial charge >= 0.3 is 5.97 Å². The number of aliphatic hydroxyl groups is 1. The van der Waals surface area contributed by atoms with Gasteiger partial charge in [-0.2, -0.15) is 0 Å². The minimum absolute atomic E-state index is 0. The van der Waals surface area contributed by atoms with E-state index in [1.54, 1.807) is 6.07 Å². The Kier molecular flexibility index (Phi) is 6.30. The second-order valence-electron chi connectivity index (χ2n) is 4.51. The summed E-state index contributed by atoms with van der Waals surface area (Å²) in [4.78, 5) is 14.2. The molecule has 0 amide bonds. The van der Waals surface area contributed by atoms with Gasteiger partial charge in [-0.05, 0) is 12.1 Å². The number of carbonyl (C=O) groups is 1. The summed E-state index contributed by atoms with van der Waals surface area (Å²) >= 11 is 0. The molecule has 0 aliphatic carbocycles. The van der Waals surface area contributed by atoms with E-state index in [1.165, 1.54) is 7.11 Å². The fourth-order valence-electron chi connectivity index (χ4n) is 2.09. The first-order valence-corrected chi connectivity index (χ1v) is 6.06. The number of aromatic nitrogens is 1. The highest BCUT2D eigenvalue weighted by molar-refractivity contribution is 5.87. The number of ether oxygens (including phenoxy) is 1. The van der Waals surface area contributed by atoms with E-state index in [9.17, 15) is 9.90 Å². The number of aromatic amines is 1. The number of esters is 1. The van der Waals surface area contributed by atoms with Gasteiger partial charge in [-0.1, -0.05) is 0 Å². The molecule has 2 heterocycles. The van der Waals surface area contributed by atoms with Gasteiger partial charge in [0.25, 0.3) is 0 Å². The zero-order valence-electron chi connectivity index (χ0n) is 10.8. The molecule has 7 heteroatoms. The molecule has 0 radical (unpaired) electrons. The van der Waals surface area contributed by atoms with E-state index in [4.69, 9.17) is 0 Å². The average molecular weight is 290 g/mol. The van der Waals surface area contributed by atoms with Crippen LogP contribution < -0.4 is 10.6 Å². The second-order valence-corrected chi connectivity index (χ2v) is 4.51. The minimum Gasteiger partial charge on any atom is -0.464 e. The summed E-state index contributed by atoms with van der Waals surface area (Å²) in [6.45, 7) is 2.90. The Hall–Kier alpha value is -1.08. The van der Waals surface area contributed by atoms with Crippen LogP contribution in [-0.2, 0) is 11.3 Å². The number of H-pyrrole nitrogens is 1. The van der Waals surface area contributed by atoms with Crippen LogP contribution >= 0.6 is 12.4 Å². The zero-order valence-corrected chi connectivity index (χ0v) is 11.6. The van der Waals surface area contributed by atoms with Crippen LogP contribution in [-0.4, -0.2) is 48.9 Å². The van der Waals surface area contributed by atoms with Crippen LogP contribution in [0, 0.1) is 5.92 Å². The van der Waals surface area contributed by atoms with Crippen molar-refractivity contribution in [1.29, 1.82) is 0 Å². The fourth-order valence-corrected chi connectivity index (χ4v) is 2.09. The van der Waals surface area contributed by atoms with Gasteiger partial charge in [0.1, 0.15) is 5.69 Å². The molecule has 1 aliphatic rings. The molecular weight excluding hydrogens is 270 g/mol. The molecule has 0 saturated carbocycles. The highest BCUT2D eigenvalue weighted by Gasteiger charge is 2.24. The standard InChI is InChI=1S/C12H19N3O3.ClH/c1-18-12(17)10-3-2-9(15-10)6-13-4-8-5-14-7-11(8)16;/h2-3,8,11,13-16H,4-7H2,1H3;1H. The summed E-state index contributed by atoms with van der Waals surface area (Å²) in [5.74, 6) is -0.114. The van der Waals surface area contributed by atoms with Crippen molar-refractivity contribution in [1.82, 2.24) is 15.6 Å². The lowest BCUT2D eigenvalue weighted by molar-refractivity contribution is 0.0594. The molecule has 0 aromatic carbocycles. The summed E-state index contributed by atoms with van der Waals surface area (Å²) in [5.41, 5.74) is 1.38. The highest BCUT2D eigenvalue weighted by Crippen LogP contribution is 2.08. The number of aliphatic hydroxyl groups excluding tert-OH is 1. The molecule has 1 saturated heterocycles. The van der Waals surface area contributed by atoms with Crippen molar-refractivity contribution in [3.05, 3.63) is 23.5 Å². The van der Waals surface area contributed by atoms with Crippen LogP contribution in [0.3, 0.4) is 0 Å². The van der Waals surface area contributed by atoms with Gasteiger partial charge in [0.2, 0.25) is 0 Å². The summed E-state index contributed by atoms with van der Waals surface area (Å²) in [6, 6.07) is 3.55. The third kappa shape index (κ3) is 4.21. The lowest BCUT2D eigenvalue weighted by Gasteiger charge is -2.13. The van der Waals surface area contributed by atoms with Crippen LogP contribution in [0.4, 0.5) is 0 Å². The Balaban J connectivity index is 0.00000180. The zero-order chi connectivity index (χ0) is 13.0. The Bertz CT molecular complexity index is 411. The van der Waals surface area contributed by atoms with Crippen LogP contribution in [0.25, 0.3) is 0 Å². The first-order valence-electron chi connectivity index (χ1n) is 6.06. The van der Waals surface area contributed by atoms with Gasteiger partial charge in [-0.25, -0.2) is 4.79 Å². The van der Waals surface area contributed by atoms with E-state index in [1.807, 2.05) is 6.07 Å². The van der Waals surface area contributed by atoms with Crippen molar-refractivity contribution < 1.29 is 14.6 Å². The van der Waals surface area contributed by atoms with Crippen molar-refractivity contribution >= 4 is 18.4 Å². The lowest BCUT2D eigenvalue weighted by Crippen LogP contribution is -2.30. The maximum atomic E-state index is 11.2. The van der Waals surface area contributed by atoms with Crippen molar-refractivity contribution in [2.75, 3.05) is 26.7 Å². The van der Waals surface area contributed by atoms with Crippen LogP contribution in [0.15, 0.2) is 12.1 Å². The number of carbonyl (C=O) groups excluding carboxylic acids is 1. The lowest BCUT2D eigenvalue weighted by atomic mass is 10.1. The molecule has 2 rings (SSSR count). The predicted molar refractivity (Wildman–Crippen MR) is 73.5 cm³/mol. The Morgan fingerprint density at radius 3 is 2.95 bits per heavy atom. The maximum absolute atomic E-state index is 11.2. The average Bonchev–Trinajstić information content (AvgIpc) is 2.99. The molecule has 2 atom stereocenters. The van der Waals surface area contributed by atoms with Gasteiger partial charge in [0.15, 0.2) is 0 Å². The second kappa shape index (κ2) is 7.49. The van der Waals surface area contributed by atoms with Gasteiger partial charge in [0.05, 0.1) is 13.2 Å². The number of methoxy groups -OCH3 is 1. The van der Waals surface area contributed by atoms with Crippen LogP contribution in [0.1, 0.15) is 16.2 Å². The molecule has 4 N–H and O–H groups in total. The predicted octanol–water partition coefficient (Wildman–Crippen LogP) is -0.107. The number of β-amino-alcohol motifs (C(OH)–C–C–N with tert-alkyl or cyclic N) is 1. The molecule has 1 aliphatic heterocycles. The number of nitrogens with one attached hydrogen (secondary N) is 3. The smallest absolute Gasteiger partial charge is 0.354 e. The highest BCUT2D eigenvalue weighted by atomic mass is 35.5. The molecule has 108 valence electrons. The largest absolute Gasteiger partial charge is 0.464 e. The summed E-state index contributed by atoms with van der Waals surface area (Å²) in [7, 11) is 1.36. The van der Waals surface area contributed by atoms with E-state index in [-0.39, 0.29) is 30.4 Å². The van der Waals surface area contributed by atoms with Crippen LogP contribution in [0.2, 0.25) is 0 Å². The van der Waals surface area contributed by atoms with Crippen molar-refractivity contribution in [3.8, 4) is 0 Å². The normalized spacial score (nSPS) is 22.0. The minimum atomic E-state index is -0.364. The summed E-state index contributed by atoms with van der Waals surface area (Å²) < 4.78 is 4.62. The molecule has 2 unspecified atom stereocenters. The molecule has 19 heavy (non-hydrogen) atoms. The molecular formula is C12H20ClN3O3. The fraction of sp³-hybridized carbons (Fsp3) is 0.583. The van der Waals surface area contributed by atoms with Crippen molar-refractivity contribution in [3.63, 3.8) is 0 Å². The van der Waals surface area contributed by atoms with E-state index < -0.39 is 0 Å². The van der Waals surface area contributed by atoms with Gasteiger partial charge in [-0.15, -0.1) is 12.4 Å². The Morgan fingerprint density at radius 1 is 1.53 bits per heavy atom. The van der Waals surface area contributed by atoms with E-state index in [2.05, 4.69) is 20.4 Å². The molecule has 0 bridgehead atoms. The first kappa shape index (κ1) is 16.0. The monoisotopic (exact) mass is 289 g/mol. The topological polar surface area (TPSA) is 86.4 Å². The summed E-state index contributed by atoms with van der Waals surface area (Å²) in [5, 5.41) is 16.0. The third-order valence-corrected chi connectivity index (χ3v) is 3.18. The van der Waals surface area contributed by atoms with Gasteiger partial charge in [-0.3, -0.25) is 0 Å². The molecule has 1 fully saturated rings. The SMILES string of the molecule is COC(=O)c1ccc(CNCC2CNCC2O)[nH]1.Cl. The number of hydrogen-bond donors (Lipinski definition) is 4. The van der Waals surface area contributed by atoms with Crippen molar-refractivity contribution in [2.24, 2.45) is 5.92 Å². The maximum Gasteiger partial charge on any atom is 0.354 e. The number of halogens is 1. The summed E-state index contributed by atoms with van der Waals surface area (Å²) in [6.07, 6.45) is -0.272. The number of rotatable bonds is 5. The number of hydrogen-bond acceptors (Lipinski definition) is 5. The van der Waals surface area contributed by atoms with E-state index in [0.717, 1.165) is 18.8 Å². The third-order valence-electron chi connectivity index (χ3n) is 3.18. The Morgan fingerprint density at radius 2 is 2.32 bits per heavy atom. The van der Waals surface area contributed by atoms with E-state index in [0.29, 0.717) is 18.8 Å². The molecule has 0 spiro atoms. The van der Waals surface area contributed by atoms with Gasteiger partial charge < -0.3 is 25.5 Å². The molecule has 6 nitrogen and oxygen atoms in total. The van der Waals surface area contributed by atoms with Crippen LogP contribution in [0.5, 0.6) is 0 Å². The Labute approximate surface area is 118 Å².